The highest BCUT2D eigenvalue weighted by atomic mass is 16.6. The van der Waals surface area contributed by atoms with Gasteiger partial charge in [0.1, 0.15) is 28.9 Å². The molecule has 0 bridgehead atoms. The van der Waals surface area contributed by atoms with Crippen LogP contribution in [0.2, 0.25) is 0 Å². The number of alkyl carbamates (subject to hydrolysis) is 1. The van der Waals surface area contributed by atoms with Crippen LogP contribution in [-0.4, -0.2) is 57.0 Å². The van der Waals surface area contributed by atoms with E-state index in [2.05, 4.69) is 16.0 Å². The van der Waals surface area contributed by atoms with E-state index in [1.165, 1.54) is 0 Å². The average molecular weight is 590 g/mol. The summed E-state index contributed by atoms with van der Waals surface area (Å²) < 4.78 is 21.2. The van der Waals surface area contributed by atoms with Crippen LogP contribution in [0.5, 0.6) is 17.2 Å². The molecule has 228 valence electrons. The van der Waals surface area contributed by atoms with Crippen LogP contribution in [0.1, 0.15) is 37.5 Å². The van der Waals surface area contributed by atoms with Crippen LogP contribution in [0, 0.1) is 0 Å². The van der Waals surface area contributed by atoms with E-state index in [-0.39, 0.29) is 19.5 Å². The van der Waals surface area contributed by atoms with Crippen molar-refractivity contribution in [2.24, 2.45) is 0 Å². The van der Waals surface area contributed by atoms with Crippen LogP contribution in [0.25, 0.3) is 12.2 Å². The normalized spacial score (nSPS) is 11.7. The number of hydrogen-bond donors (Lipinski definition) is 3. The van der Waals surface area contributed by atoms with E-state index in [0.29, 0.717) is 17.2 Å². The average Bonchev–Trinajstić information content (AvgIpc) is 2.98. The molecule has 0 spiro atoms. The summed E-state index contributed by atoms with van der Waals surface area (Å²) in [7, 11) is 3.20. The molecule has 3 aromatic carbocycles. The van der Waals surface area contributed by atoms with E-state index >= 15 is 0 Å². The first-order chi connectivity index (χ1) is 20.5. The van der Waals surface area contributed by atoms with E-state index < -0.39 is 29.7 Å². The number of amides is 3. The Hall–Kier alpha value is -4.99. The molecule has 10 nitrogen and oxygen atoms in total. The molecule has 1 atom stereocenters. The lowest BCUT2D eigenvalue weighted by molar-refractivity contribution is -0.123. The molecule has 0 radical (unpaired) electrons. The second-order valence-corrected chi connectivity index (χ2v) is 10.5. The van der Waals surface area contributed by atoms with E-state index in [9.17, 15) is 14.4 Å². The van der Waals surface area contributed by atoms with E-state index in [0.717, 1.165) is 16.7 Å². The summed E-state index contributed by atoms with van der Waals surface area (Å²) in [6.45, 7) is 5.50. The first-order valence-corrected chi connectivity index (χ1v) is 13.8. The van der Waals surface area contributed by atoms with Gasteiger partial charge < -0.3 is 34.9 Å². The fourth-order valence-electron chi connectivity index (χ4n) is 3.89. The first kappa shape index (κ1) is 32.5. The van der Waals surface area contributed by atoms with Crippen LogP contribution in [-0.2, 0) is 16.0 Å². The molecule has 3 aromatic rings. The fraction of sp³-hybridized carbons (Fsp3) is 0.303. The molecule has 1 unspecified atom stereocenters. The molecule has 10 heteroatoms. The quantitative estimate of drug-likeness (QED) is 0.196. The number of methoxy groups -OCH3 is 2. The first-order valence-electron chi connectivity index (χ1n) is 13.8. The number of benzene rings is 3. The van der Waals surface area contributed by atoms with Crippen molar-refractivity contribution in [2.75, 3.05) is 27.3 Å². The molecule has 0 saturated carbocycles. The lowest BCUT2D eigenvalue weighted by Crippen LogP contribution is -2.50. The summed E-state index contributed by atoms with van der Waals surface area (Å²) in [6, 6.07) is 21.1. The Kier molecular flexibility index (Phi) is 12.0. The maximum absolute atomic E-state index is 12.9. The summed E-state index contributed by atoms with van der Waals surface area (Å²) in [5, 5.41) is 7.98. The summed E-state index contributed by atoms with van der Waals surface area (Å²) >= 11 is 0. The van der Waals surface area contributed by atoms with E-state index in [1.54, 1.807) is 53.2 Å². The van der Waals surface area contributed by atoms with E-state index in [1.807, 2.05) is 66.7 Å². The molecular formula is C33H39N3O7. The number of carbonyl (C=O) groups is 3. The van der Waals surface area contributed by atoms with Crippen molar-refractivity contribution in [3.05, 3.63) is 89.5 Å². The van der Waals surface area contributed by atoms with Crippen LogP contribution >= 0.6 is 0 Å². The van der Waals surface area contributed by atoms with Crippen molar-refractivity contribution < 1.29 is 33.3 Å². The van der Waals surface area contributed by atoms with Crippen LogP contribution in [0.3, 0.4) is 0 Å². The monoisotopic (exact) mass is 589 g/mol. The van der Waals surface area contributed by atoms with Gasteiger partial charge in [-0.25, -0.2) is 9.59 Å². The van der Waals surface area contributed by atoms with Gasteiger partial charge in [0, 0.05) is 25.6 Å². The van der Waals surface area contributed by atoms with Gasteiger partial charge in [-0.1, -0.05) is 54.6 Å². The van der Waals surface area contributed by atoms with Gasteiger partial charge in [0.15, 0.2) is 0 Å². The van der Waals surface area contributed by atoms with Gasteiger partial charge in [-0.3, -0.25) is 4.79 Å². The number of rotatable bonds is 12. The lowest BCUT2D eigenvalue weighted by Gasteiger charge is -2.23. The van der Waals surface area contributed by atoms with Crippen molar-refractivity contribution in [1.29, 1.82) is 0 Å². The second-order valence-electron chi connectivity index (χ2n) is 10.5. The standard InChI is InChI=1S/C33H39N3O7/c1-33(2,3)43-32(39)36-29(21-24-9-7-6-8-10-24)30(37)34-17-18-35-31(38)42-26-15-13-23(14-16-26)11-12-25-19-27(40-4)22-28(20-25)41-5/h6-16,19-20,22,29H,17-18,21H2,1-5H3,(H,34,37)(H,35,38)(H,36,39)/b12-11+. The van der Waals surface area contributed by atoms with Crippen LogP contribution in [0.4, 0.5) is 9.59 Å². The fourth-order valence-corrected chi connectivity index (χ4v) is 3.89. The highest BCUT2D eigenvalue weighted by Crippen LogP contribution is 2.24. The minimum atomic E-state index is -0.859. The summed E-state index contributed by atoms with van der Waals surface area (Å²) in [4.78, 5) is 37.5. The minimum Gasteiger partial charge on any atom is -0.497 e. The number of ether oxygens (including phenoxy) is 4. The minimum absolute atomic E-state index is 0.125. The van der Waals surface area contributed by atoms with E-state index in [4.69, 9.17) is 18.9 Å². The molecular weight excluding hydrogens is 550 g/mol. The Labute approximate surface area is 252 Å². The number of nitrogens with one attached hydrogen (secondary N) is 3. The zero-order chi connectivity index (χ0) is 31.2. The maximum atomic E-state index is 12.9. The third-order valence-corrected chi connectivity index (χ3v) is 5.92. The largest absolute Gasteiger partial charge is 0.497 e. The Morgan fingerprint density at radius 2 is 1.35 bits per heavy atom. The van der Waals surface area contributed by atoms with Crippen molar-refractivity contribution in [3.8, 4) is 17.2 Å². The molecule has 0 aliphatic heterocycles. The smallest absolute Gasteiger partial charge is 0.412 e. The van der Waals surface area contributed by atoms with Gasteiger partial charge in [0.05, 0.1) is 14.2 Å². The van der Waals surface area contributed by atoms with Gasteiger partial charge in [0.25, 0.3) is 0 Å². The molecule has 3 N–H and O–H groups in total. The molecule has 0 heterocycles. The molecule has 0 aromatic heterocycles. The lowest BCUT2D eigenvalue weighted by atomic mass is 10.1. The zero-order valence-electron chi connectivity index (χ0n) is 25.1. The third kappa shape index (κ3) is 11.8. The van der Waals surface area contributed by atoms with Crippen LogP contribution in [0.15, 0.2) is 72.8 Å². The summed E-state index contributed by atoms with van der Waals surface area (Å²) in [5.41, 5.74) is 1.99. The van der Waals surface area contributed by atoms with Gasteiger partial charge >= 0.3 is 12.2 Å². The summed E-state index contributed by atoms with van der Waals surface area (Å²) in [5.74, 6) is 1.35. The number of carbonyl (C=O) groups excluding carboxylic acids is 3. The molecule has 0 saturated heterocycles. The Bertz CT molecular complexity index is 1360. The second kappa shape index (κ2) is 15.9. The number of hydrogen-bond acceptors (Lipinski definition) is 7. The predicted molar refractivity (Wildman–Crippen MR) is 165 cm³/mol. The van der Waals surface area contributed by atoms with Gasteiger partial charge in [-0.2, -0.15) is 0 Å². The van der Waals surface area contributed by atoms with Crippen molar-refractivity contribution in [1.82, 2.24) is 16.0 Å². The third-order valence-electron chi connectivity index (χ3n) is 5.92. The highest BCUT2D eigenvalue weighted by molar-refractivity contribution is 5.86. The van der Waals surface area contributed by atoms with Gasteiger partial charge in [-0.15, -0.1) is 0 Å². The predicted octanol–water partition coefficient (Wildman–Crippen LogP) is 5.21. The highest BCUT2D eigenvalue weighted by Gasteiger charge is 2.24. The Balaban J connectivity index is 1.46. The SMILES string of the molecule is COc1cc(/C=C/c2ccc(OC(=O)NCCNC(=O)C(Cc3ccccc3)NC(=O)OC(C)(C)C)cc2)cc(OC)c1. The molecule has 3 rings (SSSR count). The van der Waals surface area contributed by atoms with Crippen molar-refractivity contribution in [2.45, 2.75) is 38.8 Å². The molecule has 43 heavy (non-hydrogen) atoms. The van der Waals surface area contributed by atoms with Crippen molar-refractivity contribution >= 4 is 30.2 Å². The molecule has 3 amide bonds. The molecule has 0 aliphatic rings. The molecule has 0 aliphatic carbocycles. The topological polar surface area (TPSA) is 124 Å². The van der Waals surface area contributed by atoms with Crippen LogP contribution < -0.4 is 30.2 Å². The van der Waals surface area contributed by atoms with Gasteiger partial charge in [0.2, 0.25) is 5.91 Å². The zero-order valence-corrected chi connectivity index (χ0v) is 25.1. The Morgan fingerprint density at radius 1 is 0.744 bits per heavy atom. The Morgan fingerprint density at radius 3 is 1.95 bits per heavy atom. The van der Waals surface area contributed by atoms with Crippen molar-refractivity contribution in [3.63, 3.8) is 0 Å². The van der Waals surface area contributed by atoms with Gasteiger partial charge in [-0.05, 0) is 61.7 Å². The summed E-state index contributed by atoms with van der Waals surface area (Å²) in [6.07, 6.45) is 2.78. The molecule has 0 fully saturated rings. The maximum Gasteiger partial charge on any atom is 0.412 e.